The van der Waals surface area contributed by atoms with Crippen molar-refractivity contribution in [1.29, 1.82) is 0 Å². The van der Waals surface area contributed by atoms with Crippen LogP contribution in [0.4, 0.5) is 0 Å². The molecule has 2 aromatic rings. The first kappa shape index (κ1) is 14.9. The van der Waals surface area contributed by atoms with Gasteiger partial charge in [-0.1, -0.05) is 43.2 Å². The fourth-order valence-corrected chi connectivity index (χ4v) is 3.16. The average molecular weight is 298 g/mol. The third-order valence-corrected chi connectivity index (χ3v) is 4.47. The van der Waals surface area contributed by atoms with E-state index < -0.39 is 6.10 Å². The van der Waals surface area contributed by atoms with Gasteiger partial charge in [0.05, 0.1) is 12.1 Å². The van der Waals surface area contributed by atoms with E-state index in [-0.39, 0.29) is 11.9 Å². The maximum Gasteiger partial charge on any atom is 0.268 e. The summed E-state index contributed by atoms with van der Waals surface area (Å²) in [6, 6.07) is 13.7. The van der Waals surface area contributed by atoms with Gasteiger partial charge in [0.2, 0.25) is 0 Å². The number of benzene rings is 1. The van der Waals surface area contributed by atoms with Crippen molar-refractivity contribution in [2.75, 3.05) is 0 Å². The molecule has 1 aromatic heterocycles. The molecule has 1 aliphatic carbocycles. The quantitative estimate of drug-likeness (QED) is 0.915. The number of rotatable bonds is 3. The molecule has 4 heteroatoms. The summed E-state index contributed by atoms with van der Waals surface area (Å²) in [6.45, 7) is 0. The lowest BCUT2D eigenvalue weighted by molar-refractivity contribution is 0.0711. The Hall–Kier alpha value is -2.07. The summed E-state index contributed by atoms with van der Waals surface area (Å²) in [5.74, 6) is -0.115. The number of aliphatic hydroxyl groups excluding tert-OH is 1. The van der Waals surface area contributed by atoms with Crippen LogP contribution in [0.2, 0.25) is 0 Å². The molecule has 0 aliphatic heterocycles. The zero-order chi connectivity index (χ0) is 15.5. The van der Waals surface area contributed by atoms with Crippen molar-refractivity contribution in [1.82, 2.24) is 9.88 Å². The molecule has 1 saturated carbocycles. The molecule has 1 aromatic carbocycles. The predicted octanol–water partition coefficient (Wildman–Crippen LogP) is 2.73. The van der Waals surface area contributed by atoms with Gasteiger partial charge in [0, 0.05) is 12.7 Å². The molecular formula is C18H22N2O2. The Morgan fingerprint density at radius 2 is 1.86 bits per heavy atom. The van der Waals surface area contributed by atoms with Crippen LogP contribution in [0.5, 0.6) is 0 Å². The minimum absolute atomic E-state index is 0.115. The maximum atomic E-state index is 12.5. The number of amides is 1. The predicted molar refractivity (Wildman–Crippen MR) is 86.6 cm³/mol. The third-order valence-electron chi connectivity index (χ3n) is 4.47. The first-order valence-electron chi connectivity index (χ1n) is 7.87. The molecule has 1 amide bonds. The molecule has 0 radical (unpaired) electrons. The Morgan fingerprint density at radius 3 is 2.59 bits per heavy atom. The highest BCUT2D eigenvalue weighted by Crippen LogP contribution is 2.22. The Bertz CT molecular complexity index is 648. The minimum Gasteiger partial charge on any atom is -0.391 e. The fraction of sp³-hybridized carbons (Fsp3) is 0.389. The van der Waals surface area contributed by atoms with Crippen LogP contribution < -0.4 is 5.32 Å². The molecule has 0 spiro atoms. The third kappa shape index (κ3) is 2.92. The average Bonchev–Trinajstić information content (AvgIpc) is 2.92. The van der Waals surface area contributed by atoms with Gasteiger partial charge in [0.25, 0.3) is 5.91 Å². The zero-order valence-electron chi connectivity index (χ0n) is 12.8. The largest absolute Gasteiger partial charge is 0.391 e. The second kappa shape index (κ2) is 6.36. The van der Waals surface area contributed by atoms with Crippen LogP contribution in [0.1, 0.15) is 36.2 Å². The number of carbonyl (C=O) groups excluding carboxylic acids is 1. The zero-order valence-corrected chi connectivity index (χ0v) is 12.8. The van der Waals surface area contributed by atoms with Gasteiger partial charge in [-0.3, -0.25) is 4.79 Å². The SMILES string of the molecule is Cn1c(C(=O)NC2CCCCC2O)ccc1-c1ccccc1. The Morgan fingerprint density at radius 1 is 1.14 bits per heavy atom. The van der Waals surface area contributed by atoms with E-state index in [1.807, 2.05) is 54.1 Å². The maximum absolute atomic E-state index is 12.5. The number of nitrogens with zero attached hydrogens (tertiary/aromatic N) is 1. The summed E-state index contributed by atoms with van der Waals surface area (Å²) in [7, 11) is 1.90. The Balaban J connectivity index is 1.78. The first-order chi connectivity index (χ1) is 10.7. The minimum atomic E-state index is -0.424. The van der Waals surface area contributed by atoms with Crippen LogP contribution >= 0.6 is 0 Å². The number of nitrogens with one attached hydrogen (secondary N) is 1. The monoisotopic (exact) mass is 298 g/mol. The second-order valence-corrected chi connectivity index (χ2v) is 5.96. The molecule has 0 saturated heterocycles. The first-order valence-corrected chi connectivity index (χ1v) is 7.87. The van der Waals surface area contributed by atoms with E-state index in [2.05, 4.69) is 5.32 Å². The summed E-state index contributed by atoms with van der Waals surface area (Å²) in [5.41, 5.74) is 2.72. The van der Waals surface area contributed by atoms with Crippen LogP contribution in [0.25, 0.3) is 11.3 Å². The standard InChI is InChI=1S/C18H22N2O2/c1-20-15(13-7-3-2-4-8-13)11-12-16(20)18(22)19-14-9-5-6-10-17(14)21/h2-4,7-8,11-12,14,17,21H,5-6,9-10H2,1H3,(H,19,22). The van der Waals surface area contributed by atoms with Crippen molar-refractivity contribution < 1.29 is 9.90 Å². The molecule has 1 aliphatic rings. The fourth-order valence-electron chi connectivity index (χ4n) is 3.16. The van der Waals surface area contributed by atoms with Crippen molar-refractivity contribution in [2.45, 2.75) is 37.8 Å². The molecule has 116 valence electrons. The molecule has 1 heterocycles. The van der Waals surface area contributed by atoms with Gasteiger partial charge < -0.3 is 15.0 Å². The molecular weight excluding hydrogens is 276 g/mol. The van der Waals surface area contributed by atoms with E-state index >= 15 is 0 Å². The highest BCUT2D eigenvalue weighted by Gasteiger charge is 2.25. The van der Waals surface area contributed by atoms with Crippen LogP contribution in [0.3, 0.4) is 0 Å². The Labute approximate surface area is 130 Å². The number of carbonyl (C=O) groups is 1. The highest BCUT2D eigenvalue weighted by molar-refractivity contribution is 5.94. The molecule has 2 N–H and O–H groups in total. The summed E-state index contributed by atoms with van der Waals surface area (Å²) in [5, 5.41) is 13.0. The lowest BCUT2D eigenvalue weighted by atomic mass is 9.92. The van der Waals surface area contributed by atoms with Gasteiger partial charge in [0.1, 0.15) is 5.69 Å². The normalized spacial score (nSPS) is 21.5. The number of aliphatic hydroxyl groups is 1. The summed E-state index contributed by atoms with van der Waals surface area (Å²) >= 11 is 0. The van der Waals surface area contributed by atoms with E-state index in [0.717, 1.165) is 36.9 Å². The molecule has 2 unspecified atom stereocenters. The second-order valence-electron chi connectivity index (χ2n) is 5.96. The van der Waals surface area contributed by atoms with E-state index in [9.17, 15) is 9.90 Å². The van der Waals surface area contributed by atoms with Gasteiger partial charge in [-0.05, 0) is 30.5 Å². The highest BCUT2D eigenvalue weighted by atomic mass is 16.3. The van der Waals surface area contributed by atoms with Crippen molar-refractivity contribution in [2.24, 2.45) is 7.05 Å². The molecule has 1 fully saturated rings. The lowest BCUT2D eigenvalue weighted by Gasteiger charge is -2.28. The van der Waals surface area contributed by atoms with Crippen LogP contribution in [-0.4, -0.2) is 27.7 Å². The molecule has 4 nitrogen and oxygen atoms in total. The number of aromatic nitrogens is 1. The molecule has 22 heavy (non-hydrogen) atoms. The van der Waals surface area contributed by atoms with Gasteiger partial charge in [-0.2, -0.15) is 0 Å². The Kier molecular flexibility index (Phi) is 4.29. The van der Waals surface area contributed by atoms with Gasteiger partial charge >= 0.3 is 0 Å². The van der Waals surface area contributed by atoms with Crippen molar-refractivity contribution in [3.05, 3.63) is 48.2 Å². The van der Waals surface area contributed by atoms with E-state index in [4.69, 9.17) is 0 Å². The van der Waals surface area contributed by atoms with Crippen LogP contribution in [0.15, 0.2) is 42.5 Å². The van der Waals surface area contributed by atoms with Crippen LogP contribution in [0, 0.1) is 0 Å². The summed E-state index contributed by atoms with van der Waals surface area (Å²) in [4.78, 5) is 12.5. The number of hydrogen-bond acceptors (Lipinski definition) is 2. The summed E-state index contributed by atoms with van der Waals surface area (Å²) in [6.07, 6.45) is 3.29. The smallest absolute Gasteiger partial charge is 0.268 e. The van der Waals surface area contributed by atoms with E-state index in [1.165, 1.54) is 0 Å². The number of hydrogen-bond donors (Lipinski definition) is 2. The van der Waals surface area contributed by atoms with Gasteiger partial charge in [-0.15, -0.1) is 0 Å². The lowest BCUT2D eigenvalue weighted by Crippen LogP contribution is -2.45. The van der Waals surface area contributed by atoms with Gasteiger partial charge in [0.15, 0.2) is 0 Å². The van der Waals surface area contributed by atoms with Crippen molar-refractivity contribution in [3.63, 3.8) is 0 Å². The van der Waals surface area contributed by atoms with E-state index in [0.29, 0.717) is 5.69 Å². The van der Waals surface area contributed by atoms with Gasteiger partial charge in [-0.25, -0.2) is 0 Å². The van der Waals surface area contributed by atoms with Crippen LogP contribution in [-0.2, 0) is 7.05 Å². The molecule has 2 atom stereocenters. The molecule has 3 rings (SSSR count). The molecule has 0 bridgehead atoms. The topological polar surface area (TPSA) is 54.3 Å². The summed E-state index contributed by atoms with van der Waals surface area (Å²) < 4.78 is 1.90. The van der Waals surface area contributed by atoms with Crippen molar-refractivity contribution >= 4 is 5.91 Å². The van der Waals surface area contributed by atoms with Crippen molar-refractivity contribution in [3.8, 4) is 11.3 Å². The van der Waals surface area contributed by atoms with E-state index in [1.54, 1.807) is 0 Å².